The quantitative estimate of drug-likeness (QED) is 0.523. The van der Waals surface area contributed by atoms with Crippen LogP contribution in [0.4, 0.5) is 4.39 Å². The van der Waals surface area contributed by atoms with Gasteiger partial charge >= 0.3 is 5.97 Å². The zero-order valence-electron chi connectivity index (χ0n) is 16.3. The van der Waals surface area contributed by atoms with Gasteiger partial charge in [-0.3, -0.25) is 0 Å². The van der Waals surface area contributed by atoms with Crippen LogP contribution in [0.2, 0.25) is 0 Å². The van der Waals surface area contributed by atoms with Crippen molar-refractivity contribution in [2.75, 3.05) is 12.8 Å². The first-order valence-electron chi connectivity index (χ1n) is 8.98. The van der Waals surface area contributed by atoms with Crippen molar-refractivity contribution in [1.82, 2.24) is 9.40 Å². The first-order valence-corrected chi connectivity index (χ1v) is 11.2. The summed E-state index contributed by atoms with van der Waals surface area (Å²) in [5, 5.41) is 10.00. The first-order chi connectivity index (χ1) is 14.1. The molecule has 0 saturated carbocycles. The topological polar surface area (TPSA) is 88.4 Å². The van der Waals surface area contributed by atoms with Crippen LogP contribution in [0.15, 0.2) is 59.3 Å². The van der Waals surface area contributed by atoms with Crippen LogP contribution in [-0.4, -0.2) is 36.9 Å². The Morgan fingerprint density at radius 3 is 2.63 bits per heavy atom. The minimum atomic E-state index is -3.43. The summed E-state index contributed by atoms with van der Waals surface area (Å²) in [6.45, 7) is 1.87. The first kappa shape index (κ1) is 22.0. The molecule has 0 radical (unpaired) electrons. The predicted octanol–water partition coefficient (Wildman–Crippen LogP) is 4.32. The van der Waals surface area contributed by atoms with Crippen LogP contribution in [0.3, 0.4) is 0 Å². The average molecular weight is 451 g/mol. The molecule has 0 aliphatic rings. The number of nitrogens with zero attached hydrogens (tertiary/aromatic N) is 1. The predicted molar refractivity (Wildman–Crippen MR) is 115 cm³/mol. The van der Waals surface area contributed by atoms with Gasteiger partial charge in [-0.1, -0.05) is 12.1 Å². The van der Waals surface area contributed by atoms with Gasteiger partial charge in [-0.2, -0.15) is 0 Å². The summed E-state index contributed by atoms with van der Waals surface area (Å²) in [5.74, 6) is -1.50. The van der Waals surface area contributed by atoms with E-state index in [1.165, 1.54) is 24.3 Å². The molecule has 3 aromatic rings. The molecule has 1 aromatic heterocycles. The SMILES string of the molecule is Cc1c(-c2cccc(S(C)(=O)=O)c2)c2cc(C(=O)O)ccc2n1C/C(F)=C/CNCl. The molecule has 3 rings (SSSR count). The number of hydrogen-bond donors (Lipinski definition) is 2. The molecule has 0 unspecified atom stereocenters. The normalized spacial score (nSPS) is 12.5. The van der Waals surface area contributed by atoms with Gasteiger partial charge in [-0.25, -0.2) is 22.4 Å². The minimum absolute atomic E-state index is 0.0703. The summed E-state index contributed by atoms with van der Waals surface area (Å²) in [4.78, 5) is 14.0. The summed E-state index contributed by atoms with van der Waals surface area (Å²) in [7, 11) is -3.43. The Hall–Kier alpha value is -2.68. The number of rotatable bonds is 7. The molecule has 0 fully saturated rings. The number of carbonyl (C=O) groups is 1. The second-order valence-corrected chi connectivity index (χ2v) is 9.16. The van der Waals surface area contributed by atoms with Crippen molar-refractivity contribution in [1.29, 1.82) is 0 Å². The molecule has 0 bridgehead atoms. The smallest absolute Gasteiger partial charge is 0.335 e. The van der Waals surface area contributed by atoms with Crippen LogP contribution in [0.1, 0.15) is 16.1 Å². The van der Waals surface area contributed by atoms with Crippen LogP contribution < -0.4 is 4.84 Å². The van der Waals surface area contributed by atoms with Crippen LogP contribution in [0, 0.1) is 6.92 Å². The Balaban J connectivity index is 2.29. The van der Waals surface area contributed by atoms with Gasteiger partial charge in [0.15, 0.2) is 9.84 Å². The molecule has 9 heteroatoms. The van der Waals surface area contributed by atoms with Crippen molar-refractivity contribution in [2.24, 2.45) is 0 Å². The van der Waals surface area contributed by atoms with E-state index in [1.807, 2.05) is 0 Å². The van der Waals surface area contributed by atoms with E-state index in [9.17, 15) is 22.7 Å². The molecule has 30 heavy (non-hydrogen) atoms. The molecular formula is C21H20ClFN2O4S. The van der Waals surface area contributed by atoms with Crippen molar-refractivity contribution in [3.63, 3.8) is 0 Å². The Bertz CT molecular complexity index is 1270. The van der Waals surface area contributed by atoms with Gasteiger partial charge in [0.1, 0.15) is 5.83 Å². The molecule has 2 aromatic carbocycles. The monoisotopic (exact) mass is 450 g/mol. The number of aromatic nitrogens is 1. The van der Waals surface area contributed by atoms with E-state index in [1.54, 1.807) is 35.8 Å². The summed E-state index contributed by atoms with van der Waals surface area (Å²) < 4.78 is 40.1. The summed E-state index contributed by atoms with van der Waals surface area (Å²) in [5.41, 5.74) is 2.66. The number of nitrogens with one attached hydrogen (secondary N) is 1. The van der Waals surface area contributed by atoms with Crippen LogP contribution in [0.5, 0.6) is 0 Å². The lowest BCUT2D eigenvalue weighted by Gasteiger charge is -2.08. The lowest BCUT2D eigenvalue weighted by atomic mass is 10.0. The van der Waals surface area contributed by atoms with Crippen molar-refractivity contribution >= 4 is 38.5 Å². The van der Waals surface area contributed by atoms with Crippen molar-refractivity contribution < 1.29 is 22.7 Å². The third-order valence-electron chi connectivity index (χ3n) is 4.83. The second kappa shape index (κ2) is 8.59. The fourth-order valence-electron chi connectivity index (χ4n) is 3.43. The van der Waals surface area contributed by atoms with Gasteiger partial charge in [-0.15, -0.1) is 0 Å². The third-order valence-corrected chi connectivity index (χ3v) is 6.10. The second-order valence-electron chi connectivity index (χ2n) is 6.87. The fraction of sp³-hybridized carbons (Fsp3) is 0.190. The Kier molecular flexibility index (Phi) is 6.30. The van der Waals surface area contributed by atoms with E-state index in [0.717, 1.165) is 6.26 Å². The van der Waals surface area contributed by atoms with Crippen LogP contribution >= 0.6 is 11.8 Å². The molecule has 0 amide bonds. The van der Waals surface area contributed by atoms with Crippen molar-refractivity contribution in [3.8, 4) is 11.1 Å². The molecule has 6 nitrogen and oxygen atoms in total. The van der Waals surface area contributed by atoms with Gasteiger partial charge in [-0.05, 0) is 60.7 Å². The van der Waals surface area contributed by atoms with E-state index in [-0.39, 0.29) is 23.5 Å². The Morgan fingerprint density at radius 1 is 1.27 bits per heavy atom. The van der Waals surface area contributed by atoms with E-state index < -0.39 is 21.6 Å². The molecule has 0 aliphatic heterocycles. The highest BCUT2D eigenvalue weighted by Gasteiger charge is 2.19. The highest BCUT2D eigenvalue weighted by Crippen LogP contribution is 2.36. The van der Waals surface area contributed by atoms with Crippen LogP contribution in [0.25, 0.3) is 22.0 Å². The minimum Gasteiger partial charge on any atom is -0.478 e. The van der Waals surface area contributed by atoms with Gasteiger partial charge in [0.05, 0.1) is 17.0 Å². The number of halogens is 2. The number of fused-ring (bicyclic) bond motifs is 1. The van der Waals surface area contributed by atoms with Gasteiger partial charge < -0.3 is 9.67 Å². The number of carboxylic acid groups (broad SMARTS) is 1. The number of aromatic carboxylic acids is 1. The maximum absolute atomic E-state index is 14.4. The lowest BCUT2D eigenvalue weighted by molar-refractivity contribution is 0.0697. The lowest BCUT2D eigenvalue weighted by Crippen LogP contribution is -2.04. The fourth-order valence-corrected chi connectivity index (χ4v) is 4.17. The molecule has 0 aliphatic carbocycles. The molecule has 0 saturated heterocycles. The molecule has 158 valence electrons. The number of sulfone groups is 1. The van der Waals surface area contributed by atoms with E-state index in [2.05, 4.69) is 4.84 Å². The molecular weight excluding hydrogens is 431 g/mol. The molecule has 0 atom stereocenters. The summed E-state index contributed by atoms with van der Waals surface area (Å²) in [6.07, 6.45) is 2.43. The number of benzene rings is 2. The maximum atomic E-state index is 14.4. The van der Waals surface area contributed by atoms with Crippen molar-refractivity contribution in [2.45, 2.75) is 18.4 Å². The van der Waals surface area contributed by atoms with Gasteiger partial charge in [0, 0.05) is 35.0 Å². The number of allylic oxidation sites excluding steroid dienone is 1. The molecule has 2 N–H and O–H groups in total. The third kappa shape index (κ3) is 4.40. The molecule has 1 heterocycles. The van der Waals surface area contributed by atoms with E-state index >= 15 is 0 Å². The standard InChI is InChI=1S/C21H20ClFN2O4S/c1-13-20(14-4-3-5-17(10-14)30(2,28)29)18-11-15(21(26)27)6-7-19(18)25(13)12-16(23)8-9-24-22/h3-8,10-11,24H,9,12H2,1-2H3,(H,26,27)/b16-8-. The van der Waals surface area contributed by atoms with Crippen LogP contribution in [-0.2, 0) is 16.4 Å². The zero-order valence-corrected chi connectivity index (χ0v) is 17.9. The van der Waals surface area contributed by atoms with Gasteiger partial charge in [0.2, 0.25) is 0 Å². The Labute approximate surface area is 178 Å². The zero-order chi connectivity index (χ0) is 22.1. The summed E-state index contributed by atoms with van der Waals surface area (Å²) >= 11 is 5.38. The maximum Gasteiger partial charge on any atom is 0.335 e. The molecule has 0 spiro atoms. The highest BCUT2D eigenvalue weighted by atomic mass is 35.5. The largest absolute Gasteiger partial charge is 0.478 e. The average Bonchev–Trinajstić information content (AvgIpc) is 2.96. The van der Waals surface area contributed by atoms with E-state index in [0.29, 0.717) is 27.7 Å². The summed E-state index contributed by atoms with van der Waals surface area (Å²) in [6, 6.07) is 11.0. The number of hydrogen-bond acceptors (Lipinski definition) is 4. The number of carboxylic acids is 1. The van der Waals surface area contributed by atoms with E-state index in [4.69, 9.17) is 11.8 Å². The van der Waals surface area contributed by atoms with Gasteiger partial charge in [0.25, 0.3) is 0 Å². The Morgan fingerprint density at radius 2 is 2.00 bits per heavy atom. The van der Waals surface area contributed by atoms with Crippen molar-refractivity contribution in [3.05, 3.63) is 65.6 Å². The highest BCUT2D eigenvalue weighted by molar-refractivity contribution is 7.90.